The third kappa shape index (κ3) is 4.19. The van der Waals surface area contributed by atoms with Gasteiger partial charge >= 0.3 is 0 Å². The molecule has 0 saturated carbocycles. The Balaban J connectivity index is 1.57. The van der Waals surface area contributed by atoms with Gasteiger partial charge in [-0.2, -0.15) is 0 Å². The summed E-state index contributed by atoms with van der Waals surface area (Å²) in [5.74, 6) is 2.04. The number of hydrogen-bond acceptors (Lipinski definition) is 3. The fraction of sp³-hybridized carbons (Fsp3) is 0.107. The van der Waals surface area contributed by atoms with E-state index in [1.165, 1.54) is 5.56 Å². The highest BCUT2D eigenvalue weighted by atomic mass is 79.9. The molecular weight excluding hydrogens is 458 g/mol. The minimum absolute atomic E-state index is 0.0345. The molecule has 1 aliphatic rings. The van der Waals surface area contributed by atoms with Crippen LogP contribution in [0.15, 0.2) is 108 Å². The fourth-order valence-electron chi connectivity index (χ4n) is 3.91. The van der Waals surface area contributed by atoms with Crippen molar-refractivity contribution in [2.24, 2.45) is 0 Å². The highest BCUT2D eigenvalue weighted by Gasteiger charge is 2.26. The largest absolute Gasteiger partial charge is 0.208 e. The van der Waals surface area contributed by atoms with Gasteiger partial charge in [0.2, 0.25) is 0 Å². The lowest BCUT2D eigenvalue weighted by atomic mass is 9.76. The molecule has 0 bridgehead atoms. The summed E-state index contributed by atoms with van der Waals surface area (Å²) in [5, 5.41) is 0. The van der Waals surface area contributed by atoms with Crippen LogP contribution < -0.4 is 0 Å². The van der Waals surface area contributed by atoms with Gasteiger partial charge in [-0.3, -0.25) is 0 Å². The van der Waals surface area contributed by atoms with Crippen molar-refractivity contribution in [3.63, 3.8) is 0 Å². The molecule has 3 aromatic carbocycles. The van der Waals surface area contributed by atoms with E-state index in [-0.39, 0.29) is 5.41 Å². The Morgan fingerprint density at radius 1 is 0.719 bits per heavy atom. The van der Waals surface area contributed by atoms with E-state index in [9.17, 15) is 0 Å². The number of hydrogen-bond donors (Lipinski definition) is 0. The Bertz CT molecular complexity index is 1310. The monoisotopic (exact) mass is 479 g/mol. The maximum absolute atomic E-state index is 4.85. The molecule has 1 heterocycles. The predicted octanol–water partition coefficient (Wildman–Crippen LogP) is 7.27. The quantitative estimate of drug-likeness (QED) is 0.308. The Labute approximate surface area is 196 Å². The Morgan fingerprint density at radius 2 is 1.34 bits per heavy atom. The summed E-state index contributed by atoms with van der Waals surface area (Å²) in [6.45, 7) is 2.27. The van der Waals surface area contributed by atoms with Crippen molar-refractivity contribution in [3.05, 3.63) is 119 Å². The average Bonchev–Trinajstić information content (AvgIpc) is 2.85. The van der Waals surface area contributed by atoms with Gasteiger partial charge in [0.1, 0.15) is 0 Å². The molecule has 0 fully saturated rings. The van der Waals surface area contributed by atoms with Gasteiger partial charge < -0.3 is 0 Å². The van der Waals surface area contributed by atoms with Crippen LogP contribution in [0.2, 0.25) is 0 Å². The number of aromatic nitrogens is 3. The van der Waals surface area contributed by atoms with Crippen LogP contribution in [0.25, 0.3) is 28.3 Å². The molecule has 1 aliphatic carbocycles. The minimum Gasteiger partial charge on any atom is -0.208 e. The Morgan fingerprint density at radius 3 is 2.00 bits per heavy atom. The topological polar surface area (TPSA) is 38.7 Å². The van der Waals surface area contributed by atoms with Crippen LogP contribution in [0.5, 0.6) is 0 Å². The molecular formula is C28H22BrN3. The van der Waals surface area contributed by atoms with E-state index in [4.69, 9.17) is 15.0 Å². The van der Waals surface area contributed by atoms with Gasteiger partial charge in [-0.05, 0) is 24.1 Å². The summed E-state index contributed by atoms with van der Waals surface area (Å²) < 4.78 is 0.994. The van der Waals surface area contributed by atoms with E-state index in [0.717, 1.165) is 27.6 Å². The van der Waals surface area contributed by atoms with Crippen LogP contribution in [-0.2, 0) is 5.41 Å². The van der Waals surface area contributed by atoms with Gasteiger partial charge in [0, 0.05) is 26.6 Å². The number of halogens is 1. The van der Waals surface area contributed by atoms with E-state index in [0.29, 0.717) is 17.5 Å². The minimum atomic E-state index is -0.0345. The maximum Gasteiger partial charge on any atom is 0.164 e. The second-order valence-electron chi connectivity index (χ2n) is 8.16. The number of benzene rings is 3. The third-order valence-electron chi connectivity index (χ3n) is 5.82. The zero-order chi connectivity index (χ0) is 22.0. The zero-order valence-electron chi connectivity index (χ0n) is 17.7. The summed E-state index contributed by atoms with van der Waals surface area (Å²) >= 11 is 3.56. The molecule has 0 N–H and O–H groups in total. The van der Waals surface area contributed by atoms with Gasteiger partial charge in [0.25, 0.3) is 0 Å². The smallest absolute Gasteiger partial charge is 0.164 e. The van der Waals surface area contributed by atoms with Crippen LogP contribution in [0, 0.1) is 0 Å². The molecule has 0 spiro atoms. The molecule has 156 valence electrons. The predicted molar refractivity (Wildman–Crippen MR) is 134 cm³/mol. The number of allylic oxidation sites excluding steroid dienone is 4. The normalized spacial score (nSPS) is 17.8. The summed E-state index contributed by atoms with van der Waals surface area (Å²) in [4.78, 5) is 14.5. The van der Waals surface area contributed by atoms with Crippen molar-refractivity contribution >= 4 is 21.5 Å². The van der Waals surface area contributed by atoms with Gasteiger partial charge in [0.05, 0.1) is 0 Å². The second kappa shape index (κ2) is 8.64. The van der Waals surface area contributed by atoms with Crippen LogP contribution in [0.1, 0.15) is 24.7 Å². The molecule has 4 heteroatoms. The molecule has 0 saturated heterocycles. The Hall–Kier alpha value is -3.37. The maximum atomic E-state index is 4.85. The van der Waals surface area contributed by atoms with Gasteiger partial charge in [-0.25, -0.2) is 15.0 Å². The van der Waals surface area contributed by atoms with Gasteiger partial charge in [-0.1, -0.05) is 114 Å². The van der Waals surface area contributed by atoms with Crippen LogP contribution in [-0.4, -0.2) is 15.0 Å². The molecule has 0 radical (unpaired) electrons. The second-order valence-corrected chi connectivity index (χ2v) is 9.08. The van der Waals surface area contributed by atoms with Crippen molar-refractivity contribution in [1.29, 1.82) is 0 Å². The molecule has 1 atom stereocenters. The molecule has 1 unspecified atom stereocenters. The first-order chi connectivity index (χ1) is 15.6. The van der Waals surface area contributed by atoms with Crippen molar-refractivity contribution in [2.45, 2.75) is 18.8 Å². The first-order valence-electron chi connectivity index (χ1n) is 10.6. The summed E-state index contributed by atoms with van der Waals surface area (Å²) in [6.07, 6.45) is 7.54. The van der Waals surface area contributed by atoms with E-state index >= 15 is 0 Å². The summed E-state index contributed by atoms with van der Waals surface area (Å²) in [6, 6.07) is 28.7. The van der Waals surface area contributed by atoms with Crippen molar-refractivity contribution in [2.75, 3.05) is 0 Å². The van der Waals surface area contributed by atoms with E-state index in [2.05, 4.69) is 71.4 Å². The van der Waals surface area contributed by atoms with E-state index < -0.39 is 0 Å². The zero-order valence-corrected chi connectivity index (χ0v) is 19.3. The highest BCUT2D eigenvalue weighted by molar-refractivity contribution is 9.10. The first-order valence-corrected chi connectivity index (χ1v) is 11.4. The van der Waals surface area contributed by atoms with Crippen molar-refractivity contribution in [3.8, 4) is 22.8 Å². The average molecular weight is 480 g/mol. The lowest BCUT2D eigenvalue weighted by Gasteiger charge is -2.28. The molecule has 5 rings (SSSR count). The Kier molecular flexibility index (Phi) is 5.54. The molecule has 1 aromatic heterocycles. The van der Waals surface area contributed by atoms with Gasteiger partial charge in [0.15, 0.2) is 17.5 Å². The SMILES string of the molecule is CC1(c2ccccc2)C=CC(c2nc(-c3ccccc3)nc(-c3cccc(Br)c3)n2)=CC1. The summed E-state index contributed by atoms with van der Waals surface area (Å²) in [5.41, 5.74) is 4.22. The van der Waals surface area contributed by atoms with Crippen molar-refractivity contribution < 1.29 is 0 Å². The number of rotatable bonds is 4. The van der Waals surface area contributed by atoms with E-state index in [1.54, 1.807) is 0 Å². The molecule has 3 nitrogen and oxygen atoms in total. The van der Waals surface area contributed by atoms with Crippen molar-refractivity contribution in [1.82, 2.24) is 15.0 Å². The number of nitrogens with zero attached hydrogens (tertiary/aromatic N) is 3. The lowest BCUT2D eigenvalue weighted by Crippen LogP contribution is -2.20. The standard InChI is InChI=1S/C28H22BrN3/c1-28(23-12-6-3-7-13-23)17-15-21(16-18-28)26-30-25(20-9-4-2-5-10-20)31-27(32-26)22-11-8-14-24(29)19-22/h2-17,19H,18H2,1H3. The van der Waals surface area contributed by atoms with Gasteiger partial charge in [-0.15, -0.1) is 0 Å². The molecule has 0 aliphatic heterocycles. The highest BCUT2D eigenvalue weighted by Crippen LogP contribution is 2.36. The summed E-state index contributed by atoms with van der Waals surface area (Å²) in [7, 11) is 0. The molecule has 32 heavy (non-hydrogen) atoms. The van der Waals surface area contributed by atoms with Crippen LogP contribution in [0.3, 0.4) is 0 Å². The first kappa shape index (κ1) is 20.5. The molecule has 0 amide bonds. The lowest BCUT2D eigenvalue weighted by molar-refractivity contribution is 0.601. The fourth-order valence-corrected chi connectivity index (χ4v) is 4.31. The van der Waals surface area contributed by atoms with E-state index in [1.807, 2.05) is 54.6 Å². The molecule has 4 aromatic rings. The van der Waals surface area contributed by atoms with Crippen LogP contribution >= 0.6 is 15.9 Å². The third-order valence-corrected chi connectivity index (χ3v) is 6.31. The van der Waals surface area contributed by atoms with Crippen LogP contribution in [0.4, 0.5) is 0 Å².